The molecule has 0 atom stereocenters. The van der Waals surface area contributed by atoms with Crippen LogP contribution in [-0.4, -0.2) is 37.8 Å². The first kappa shape index (κ1) is 25.7. The number of aromatic nitrogens is 3. The average Bonchev–Trinajstić information content (AvgIpc) is 3.46. The van der Waals surface area contributed by atoms with Crippen molar-refractivity contribution in [2.75, 3.05) is 18.5 Å². The van der Waals surface area contributed by atoms with Crippen LogP contribution in [0.5, 0.6) is 11.5 Å². The molecule has 1 N–H and O–H groups in total. The summed E-state index contributed by atoms with van der Waals surface area (Å²) < 4.78 is 39.7. The van der Waals surface area contributed by atoms with Crippen LogP contribution < -0.4 is 19.3 Å². The van der Waals surface area contributed by atoms with Gasteiger partial charge in [-0.1, -0.05) is 29.8 Å². The third kappa shape index (κ3) is 4.83. The Morgan fingerprint density at radius 3 is 2.47 bits per heavy atom. The summed E-state index contributed by atoms with van der Waals surface area (Å²) in [5, 5.41) is 9.73. The molecule has 2 aromatic heterocycles. The molecule has 0 radical (unpaired) electrons. The third-order valence-corrected chi connectivity index (χ3v) is 8.76. The number of hydrogen-bond donors (Lipinski definition) is 1. The lowest BCUT2D eigenvalue weighted by Crippen LogP contribution is -2.30. The monoisotopic (exact) mass is 568 g/mol. The van der Waals surface area contributed by atoms with Crippen molar-refractivity contribution in [1.29, 1.82) is 0 Å². The van der Waals surface area contributed by atoms with Gasteiger partial charge in [-0.3, -0.25) is 4.79 Å². The maximum absolute atomic E-state index is 13.9. The number of benzene rings is 3. The Kier molecular flexibility index (Phi) is 7.06. The molecule has 0 aliphatic carbocycles. The second kappa shape index (κ2) is 10.4. The number of halogens is 1. The van der Waals surface area contributed by atoms with Gasteiger partial charge in [-0.2, -0.15) is 5.10 Å². The van der Waals surface area contributed by atoms with Crippen molar-refractivity contribution in [3.8, 4) is 22.8 Å². The molecule has 3 aromatic carbocycles. The number of sulfonamides is 1. The number of ether oxygens (including phenoxy) is 2. The number of nitrogens with zero attached hydrogens (tertiary/aromatic N) is 3. The molecular weight excluding hydrogens is 548 g/mol. The van der Waals surface area contributed by atoms with Crippen LogP contribution in [-0.2, 0) is 16.6 Å². The molecule has 0 bridgehead atoms. The van der Waals surface area contributed by atoms with Gasteiger partial charge in [0.25, 0.3) is 15.6 Å². The number of aromatic amines is 1. The zero-order valence-electron chi connectivity index (χ0n) is 20.2. The van der Waals surface area contributed by atoms with E-state index in [1.165, 1.54) is 41.1 Å². The molecule has 9 nitrogen and oxygen atoms in total. The molecule has 0 aliphatic heterocycles. The van der Waals surface area contributed by atoms with Gasteiger partial charge >= 0.3 is 0 Å². The molecule has 0 spiro atoms. The maximum Gasteiger partial charge on any atom is 0.272 e. The van der Waals surface area contributed by atoms with E-state index in [2.05, 4.69) is 15.2 Å². The molecule has 5 rings (SSSR count). The van der Waals surface area contributed by atoms with Crippen molar-refractivity contribution >= 4 is 48.9 Å². The van der Waals surface area contributed by atoms with E-state index in [4.69, 9.17) is 21.1 Å². The van der Waals surface area contributed by atoms with E-state index in [0.29, 0.717) is 38.3 Å². The zero-order valence-corrected chi connectivity index (χ0v) is 22.6. The van der Waals surface area contributed by atoms with Gasteiger partial charge < -0.3 is 9.47 Å². The Hall–Kier alpha value is -3.93. The molecule has 0 saturated carbocycles. The summed E-state index contributed by atoms with van der Waals surface area (Å²) in [5.41, 5.74) is 1.17. The highest BCUT2D eigenvalue weighted by atomic mass is 35.5. The minimum Gasteiger partial charge on any atom is -0.497 e. The van der Waals surface area contributed by atoms with Crippen LogP contribution in [0.2, 0.25) is 5.02 Å². The average molecular weight is 569 g/mol. The topological polar surface area (TPSA) is 114 Å². The van der Waals surface area contributed by atoms with Gasteiger partial charge in [0.05, 0.1) is 31.0 Å². The van der Waals surface area contributed by atoms with Crippen LogP contribution in [0.3, 0.4) is 0 Å². The highest BCUT2D eigenvalue weighted by Crippen LogP contribution is 2.36. The lowest BCUT2D eigenvalue weighted by atomic mass is 10.0. The van der Waals surface area contributed by atoms with E-state index >= 15 is 0 Å². The van der Waals surface area contributed by atoms with Crippen LogP contribution in [0, 0.1) is 0 Å². The quantitative estimate of drug-likeness (QED) is 0.276. The molecule has 38 heavy (non-hydrogen) atoms. The molecule has 0 aliphatic rings. The van der Waals surface area contributed by atoms with E-state index in [1.54, 1.807) is 61.0 Å². The summed E-state index contributed by atoms with van der Waals surface area (Å²) >= 11 is 7.40. The van der Waals surface area contributed by atoms with Gasteiger partial charge in [0, 0.05) is 27.5 Å². The molecule has 2 heterocycles. The number of anilines is 1. The molecular formula is C26H21ClN4O5S2. The predicted octanol–water partition coefficient (Wildman–Crippen LogP) is 5.11. The largest absolute Gasteiger partial charge is 0.497 e. The summed E-state index contributed by atoms with van der Waals surface area (Å²) in [7, 11) is -1.04. The van der Waals surface area contributed by atoms with Crippen LogP contribution in [0.25, 0.3) is 22.0 Å². The normalized spacial score (nSPS) is 11.4. The summed E-state index contributed by atoms with van der Waals surface area (Å²) in [5.74, 6) is 1.16. The molecule has 12 heteroatoms. The Labute approximate surface area is 227 Å². The molecule has 0 fully saturated rings. The smallest absolute Gasteiger partial charge is 0.272 e. The number of thiazole rings is 1. The summed E-state index contributed by atoms with van der Waals surface area (Å²) in [6.07, 6.45) is 1.54. The van der Waals surface area contributed by atoms with E-state index in [9.17, 15) is 13.2 Å². The highest BCUT2D eigenvalue weighted by molar-refractivity contribution is 7.93. The number of rotatable bonds is 8. The fraction of sp³-hybridized carbons (Fsp3) is 0.115. The number of H-pyrrole nitrogens is 1. The SMILES string of the molecule is COc1ccc(CN(c2nccs2)S(=O)(=O)c2ccc3c(-c4cc(Cl)ccc4OC)n[nH]c(=O)c3c2)cc1. The van der Waals surface area contributed by atoms with E-state index in [1.807, 2.05) is 0 Å². The van der Waals surface area contributed by atoms with Gasteiger partial charge in [0.2, 0.25) is 0 Å². The van der Waals surface area contributed by atoms with Crippen LogP contribution in [0.4, 0.5) is 5.13 Å². The Morgan fingerprint density at radius 2 is 1.79 bits per heavy atom. The van der Waals surface area contributed by atoms with Crippen LogP contribution >= 0.6 is 22.9 Å². The molecule has 0 unspecified atom stereocenters. The van der Waals surface area contributed by atoms with Crippen LogP contribution in [0.1, 0.15) is 5.56 Å². The van der Waals surface area contributed by atoms with Gasteiger partial charge in [-0.15, -0.1) is 11.3 Å². The van der Waals surface area contributed by atoms with Crippen molar-refractivity contribution < 1.29 is 17.9 Å². The second-order valence-electron chi connectivity index (χ2n) is 8.13. The number of fused-ring (bicyclic) bond motifs is 1. The Balaban J connectivity index is 1.62. The first-order valence-corrected chi connectivity index (χ1v) is 13.9. The van der Waals surface area contributed by atoms with Crippen molar-refractivity contribution in [1.82, 2.24) is 15.2 Å². The maximum atomic E-state index is 13.9. The molecule has 194 valence electrons. The Morgan fingerprint density at radius 1 is 1.00 bits per heavy atom. The van der Waals surface area contributed by atoms with Crippen LogP contribution in [0.15, 0.2) is 81.9 Å². The minimum atomic E-state index is -4.11. The van der Waals surface area contributed by atoms with Gasteiger partial charge in [0.1, 0.15) is 17.2 Å². The zero-order chi connectivity index (χ0) is 26.9. The van der Waals surface area contributed by atoms with Crippen molar-refractivity contribution in [3.05, 3.63) is 93.2 Å². The number of methoxy groups -OCH3 is 2. The van der Waals surface area contributed by atoms with Gasteiger partial charge in [-0.25, -0.2) is 22.8 Å². The lowest BCUT2D eigenvalue weighted by molar-refractivity contribution is 0.414. The fourth-order valence-electron chi connectivity index (χ4n) is 3.99. The second-order valence-corrected chi connectivity index (χ2v) is 11.3. The summed E-state index contributed by atoms with van der Waals surface area (Å²) in [4.78, 5) is 17.0. The van der Waals surface area contributed by atoms with Crippen molar-refractivity contribution in [2.24, 2.45) is 0 Å². The number of hydrogen-bond acceptors (Lipinski definition) is 8. The van der Waals surface area contributed by atoms with E-state index < -0.39 is 15.6 Å². The minimum absolute atomic E-state index is 0.0372. The molecule has 5 aromatic rings. The third-order valence-electron chi connectivity index (χ3n) is 5.88. The molecule has 0 saturated heterocycles. The molecule has 0 amide bonds. The standard InChI is InChI=1S/C26H21ClN4O5S2/c1-35-18-6-3-16(4-7-18)15-31(26-28-11-12-37-26)38(33,34)19-8-9-20-21(14-19)25(32)30-29-24(20)22-13-17(27)5-10-23(22)36-2/h3-14H,15H2,1-2H3,(H,30,32). The van der Waals surface area contributed by atoms with E-state index in [-0.39, 0.29) is 16.8 Å². The predicted molar refractivity (Wildman–Crippen MR) is 148 cm³/mol. The summed E-state index contributed by atoms with van der Waals surface area (Å²) in [6.45, 7) is 0.0372. The Bertz CT molecular complexity index is 1770. The van der Waals surface area contributed by atoms with Crippen molar-refractivity contribution in [2.45, 2.75) is 11.4 Å². The lowest BCUT2D eigenvalue weighted by Gasteiger charge is -2.22. The fourth-order valence-corrected chi connectivity index (χ4v) is 6.47. The van der Waals surface area contributed by atoms with Gasteiger partial charge in [-0.05, 0) is 48.0 Å². The van der Waals surface area contributed by atoms with Crippen molar-refractivity contribution in [3.63, 3.8) is 0 Å². The number of nitrogens with one attached hydrogen (secondary N) is 1. The first-order chi connectivity index (χ1) is 18.3. The highest BCUT2D eigenvalue weighted by Gasteiger charge is 2.28. The van der Waals surface area contributed by atoms with E-state index in [0.717, 1.165) is 5.56 Å². The van der Waals surface area contributed by atoms with Gasteiger partial charge in [0.15, 0.2) is 5.13 Å². The summed E-state index contributed by atoms with van der Waals surface area (Å²) in [6, 6.07) is 16.5. The first-order valence-electron chi connectivity index (χ1n) is 11.2.